The number of hydrogen-bond donors (Lipinski definition) is 0. The number of benzene rings is 1. The van der Waals surface area contributed by atoms with Crippen molar-refractivity contribution in [2.45, 2.75) is 57.7 Å². The van der Waals surface area contributed by atoms with E-state index in [9.17, 15) is 4.79 Å². The maximum absolute atomic E-state index is 13.8. The van der Waals surface area contributed by atoms with Gasteiger partial charge in [-0.1, -0.05) is 43.4 Å². The highest BCUT2D eigenvalue weighted by atomic mass is 35.5. The summed E-state index contributed by atoms with van der Waals surface area (Å²) >= 11 is 6.06. The van der Waals surface area contributed by atoms with E-state index in [1.54, 1.807) is 12.4 Å². The molecular weight excluding hydrogens is 476 g/mol. The number of fused-ring (bicyclic) bond motifs is 1. The average Bonchev–Trinajstić information content (AvgIpc) is 3.47. The predicted molar refractivity (Wildman–Crippen MR) is 142 cm³/mol. The van der Waals surface area contributed by atoms with Crippen molar-refractivity contribution in [1.82, 2.24) is 14.8 Å². The summed E-state index contributed by atoms with van der Waals surface area (Å²) in [4.78, 5) is 19.9. The molecule has 8 heteroatoms. The van der Waals surface area contributed by atoms with Crippen LogP contribution in [0.5, 0.6) is 0 Å². The van der Waals surface area contributed by atoms with Gasteiger partial charge in [-0.3, -0.25) is 14.7 Å². The largest absolute Gasteiger partial charge is 0.359 e. The van der Waals surface area contributed by atoms with Gasteiger partial charge in [0.15, 0.2) is 0 Å². The van der Waals surface area contributed by atoms with Crippen molar-refractivity contribution in [3.63, 3.8) is 0 Å². The van der Waals surface area contributed by atoms with Gasteiger partial charge < -0.3 is 4.74 Å². The molecule has 2 aromatic heterocycles. The molecule has 5 rings (SSSR count). The summed E-state index contributed by atoms with van der Waals surface area (Å²) in [6.07, 6.45) is 6.26. The number of piperidine rings is 1. The Bertz CT molecular complexity index is 1180. The van der Waals surface area contributed by atoms with Gasteiger partial charge >= 0.3 is 0 Å². The van der Waals surface area contributed by atoms with E-state index in [-0.39, 0.29) is 17.9 Å². The zero-order valence-electron chi connectivity index (χ0n) is 20.7. The summed E-state index contributed by atoms with van der Waals surface area (Å²) in [5.41, 5.74) is 2.96. The van der Waals surface area contributed by atoms with E-state index in [0.717, 1.165) is 47.9 Å². The molecule has 1 amide bonds. The van der Waals surface area contributed by atoms with Crippen LogP contribution in [0.4, 0.5) is 5.82 Å². The number of halogens is 1. The van der Waals surface area contributed by atoms with Gasteiger partial charge in [0.05, 0.1) is 5.69 Å². The number of carbonyl (C=O) groups excluding carboxylic acids is 1. The maximum atomic E-state index is 13.8. The second-order valence-electron chi connectivity index (χ2n) is 11.0. The number of pyridine rings is 1. The van der Waals surface area contributed by atoms with Crippen LogP contribution in [0, 0.1) is 11.8 Å². The number of carbonyl (C=O) groups is 1. The van der Waals surface area contributed by atoms with Crippen molar-refractivity contribution in [2.75, 3.05) is 11.5 Å². The smallest absolute Gasteiger partial charge is 0.231 e. The number of amides is 1. The maximum Gasteiger partial charge on any atom is 0.231 e. The Morgan fingerprint density at radius 1 is 1.09 bits per heavy atom. The van der Waals surface area contributed by atoms with Crippen molar-refractivity contribution >= 4 is 31.4 Å². The Labute approximate surface area is 213 Å². The van der Waals surface area contributed by atoms with Gasteiger partial charge in [-0.25, -0.2) is 4.68 Å². The second-order valence-corrected chi connectivity index (χ2v) is 17.1. The van der Waals surface area contributed by atoms with E-state index in [1.165, 1.54) is 0 Å². The topological polar surface area (TPSA) is 60.2 Å². The van der Waals surface area contributed by atoms with Crippen molar-refractivity contribution < 1.29 is 9.53 Å². The van der Waals surface area contributed by atoms with E-state index >= 15 is 0 Å². The average molecular weight is 509 g/mol. The van der Waals surface area contributed by atoms with Crippen molar-refractivity contribution in [3.05, 3.63) is 65.4 Å². The minimum Gasteiger partial charge on any atom is -0.359 e. The first-order valence-corrected chi connectivity index (χ1v) is 16.5. The van der Waals surface area contributed by atoms with E-state index in [2.05, 4.69) is 24.6 Å². The third-order valence-corrected chi connectivity index (χ3v) is 8.93. The Kier molecular flexibility index (Phi) is 6.83. The summed E-state index contributed by atoms with van der Waals surface area (Å²) in [6, 6.07) is 15.1. The third kappa shape index (κ3) is 5.68. The number of ether oxygens (including phenoxy) is 1. The first-order chi connectivity index (χ1) is 16.8. The highest BCUT2D eigenvalue weighted by Crippen LogP contribution is 2.48. The van der Waals surface area contributed by atoms with E-state index < -0.39 is 8.07 Å². The van der Waals surface area contributed by atoms with Gasteiger partial charge in [-0.15, -0.1) is 0 Å². The zero-order valence-corrected chi connectivity index (χ0v) is 22.4. The normalized spacial score (nSPS) is 21.8. The zero-order chi connectivity index (χ0) is 24.6. The fourth-order valence-corrected chi connectivity index (χ4v) is 5.76. The third-order valence-electron chi connectivity index (χ3n) is 6.98. The Hall–Kier alpha value is -2.48. The van der Waals surface area contributed by atoms with Gasteiger partial charge in [0.2, 0.25) is 5.91 Å². The molecule has 2 aliphatic rings. The molecule has 1 aromatic carbocycles. The number of aromatic nitrogens is 3. The first-order valence-electron chi connectivity index (χ1n) is 12.4. The molecule has 0 bridgehead atoms. The summed E-state index contributed by atoms with van der Waals surface area (Å²) < 4.78 is 7.94. The van der Waals surface area contributed by atoms with Crippen LogP contribution in [-0.4, -0.2) is 41.4 Å². The van der Waals surface area contributed by atoms with Crippen molar-refractivity contribution in [1.29, 1.82) is 0 Å². The van der Waals surface area contributed by atoms with E-state index in [1.807, 2.05) is 52.0 Å². The van der Waals surface area contributed by atoms with Crippen LogP contribution in [0.1, 0.15) is 18.4 Å². The van der Waals surface area contributed by atoms with Crippen LogP contribution in [0.25, 0.3) is 11.3 Å². The monoisotopic (exact) mass is 508 g/mol. The summed E-state index contributed by atoms with van der Waals surface area (Å²) in [5.74, 6) is 1.53. The molecule has 1 saturated heterocycles. The molecule has 1 aliphatic carbocycles. The first kappa shape index (κ1) is 24.2. The van der Waals surface area contributed by atoms with Gasteiger partial charge in [-0.05, 0) is 61.1 Å². The molecule has 184 valence electrons. The molecule has 35 heavy (non-hydrogen) atoms. The molecule has 2 fully saturated rings. The quantitative estimate of drug-likeness (QED) is 0.267. The van der Waals surface area contributed by atoms with Crippen molar-refractivity contribution in [2.24, 2.45) is 11.8 Å². The molecule has 3 aromatic rings. The SMILES string of the molecule is C[Si](C)(C)CCOCn1nc(-c2ccncc2)cc1N1C(=O)C(Cc2ccc(Cl)cc2)CC2CC21. The molecule has 3 heterocycles. The van der Waals surface area contributed by atoms with Crippen LogP contribution >= 0.6 is 11.6 Å². The van der Waals surface area contributed by atoms with Crippen LogP contribution in [0.3, 0.4) is 0 Å². The number of anilines is 1. The molecule has 0 spiro atoms. The lowest BCUT2D eigenvalue weighted by Crippen LogP contribution is -2.44. The fraction of sp³-hybridized carbons (Fsp3) is 0.444. The van der Waals surface area contributed by atoms with Crippen LogP contribution in [0.15, 0.2) is 54.9 Å². The van der Waals surface area contributed by atoms with Gasteiger partial charge in [0.1, 0.15) is 12.5 Å². The lowest BCUT2D eigenvalue weighted by Gasteiger charge is -2.32. The Balaban J connectivity index is 1.40. The Morgan fingerprint density at radius 3 is 2.54 bits per heavy atom. The fourth-order valence-electron chi connectivity index (χ4n) is 4.87. The van der Waals surface area contributed by atoms with Crippen LogP contribution < -0.4 is 4.90 Å². The van der Waals surface area contributed by atoms with Gasteiger partial charge in [0, 0.05) is 55.7 Å². The minimum absolute atomic E-state index is 0.0412. The highest BCUT2D eigenvalue weighted by Gasteiger charge is 2.52. The molecule has 3 atom stereocenters. The van der Waals surface area contributed by atoms with E-state index in [4.69, 9.17) is 21.4 Å². The molecule has 1 aliphatic heterocycles. The predicted octanol–water partition coefficient (Wildman–Crippen LogP) is 5.89. The minimum atomic E-state index is -1.19. The molecule has 0 radical (unpaired) electrons. The van der Waals surface area contributed by atoms with Crippen LogP contribution in [-0.2, 0) is 22.7 Å². The lowest BCUT2D eigenvalue weighted by atomic mass is 9.90. The molecular formula is C27H33ClN4O2Si. The van der Waals surface area contributed by atoms with Crippen LogP contribution in [0.2, 0.25) is 30.7 Å². The van der Waals surface area contributed by atoms with Gasteiger partial charge in [0.25, 0.3) is 0 Å². The number of nitrogens with zero attached hydrogens (tertiary/aromatic N) is 4. The summed E-state index contributed by atoms with van der Waals surface area (Å²) in [6.45, 7) is 8.08. The highest BCUT2D eigenvalue weighted by molar-refractivity contribution is 6.76. The number of rotatable bonds is 9. The number of hydrogen-bond acceptors (Lipinski definition) is 4. The van der Waals surface area contributed by atoms with Gasteiger partial charge in [-0.2, -0.15) is 5.10 Å². The lowest BCUT2D eigenvalue weighted by molar-refractivity contribution is -0.124. The molecule has 3 unspecified atom stereocenters. The summed E-state index contributed by atoms with van der Waals surface area (Å²) in [5, 5.41) is 5.58. The second kappa shape index (κ2) is 9.88. The van der Waals surface area contributed by atoms with E-state index in [0.29, 0.717) is 24.3 Å². The summed E-state index contributed by atoms with van der Waals surface area (Å²) in [7, 11) is -1.19. The molecule has 0 N–H and O–H groups in total. The standard InChI is InChI=1S/C27H33ClN4O2Si/c1-35(2,3)13-12-34-18-31-26(17-24(30-31)20-8-10-29-11-9-20)32-25-16-21(25)15-22(27(32)33)14-19-4-6-23(28)7-5-19/h4-11,17,21-22,25H,12-16,18H2,1-3H3. The van der Waals surface area contributed by atoms with Crippen molar-refractivity contribution in [3.8, 4) is 11.3 Å². The Morgan fingerprint density at radius 2 is 1.83 bits per heavy atom. The molecule has 1 saturated carbocycles. The molecule has 6 nitrogen and oxygen atoms in total.